The summed E-state index contributed by atoms with van der Waals surface area (Å²) < 4.78 is 4.77. The van der Waals surface area contributed by atoms with Gasteiger partial charge in [0.2, 0.25) is 0 Å². The van der Waals surface area contributed by atoms with Gasteiger partial charge in [0.15, 0.2) is 0 Å². The highest BCUT2D eigenvalue weighted by Crippen LogP contribution is 2.30. The number of benzene rings is 1. The molecule has 1 heterocycles. The molecule has 0 bridgehead atoms. The zero-order valence-electron chi connectivity index (χ0n) is 9.93. The molecule has 1 aromatic rings. The highest BCUT2D eigenvalue weighted by atomic mass is 16.5. The number of amides is 1. The number of hydrogen-bond acceptors (Lipinski definition) is 4. The fraction of sp³-hybridized carbons (Fsp3) is 0.417. The van der Waals surface area contributed by atoms with Crippen molar-refractivity contribution in [3.63, 3.8) is 0 Å². The fourth-order valence-electron chi connectivity index (χ4n) is 2.12. The van der Waals surface area contributed by atoms with Gasteiger partial charge in [-0.15, -0.1) is 0 Å². The van der Waals surface area contributed by atoms with E-state index >= 15 is 0 Å². The van der Waals surface area contributed by atoms with Gasteiger partial charge in [0.25, 0.3) is 0 Å². The van der Waals surface area contributed by atoms with E-state index in [0.29, 0.717) is 6.54 Å². The Morgan fingerprint density at radius 1 is 1.59 bits per heavy atom. The van der Waals surface area contributed by atoms with Crippen molar-refractivity contribution in [3.05, 3.63) is 23.8 Å². The second kappa shape index (κ2) is 4.63. The van der Waals surface area contributed by atoms with E-state index in [1.54, 1.807) is 23.1 Å². The van der Waals surface area contributed by atoms with Crippen LogP contribution in [0.3, 0.4) is 0 Å². The molecule has 92 valence electrons. The minimum absolute atomic E-state index is 0.170. The van der Waals surface area contributed by atoms with Crippen molar-refractivity contribution in [1.29, 1.82) is 0 Å². The van der Waals surface area contributed by atoms with Crippen LogP contribution in [-0.2, 0) is 11.2 Å². The number of anilines is 1. The van der Waals surface area contributed by atoms with Crippen LogP contribution >= 0.6 is 0 Å². The van der Waals surface area contributed by atoms with E-state index in [0.717, 1.165) is 17.7 Å². The van der Waals surface area contributed by atoms with Crippen molar-refractivity contribution in [2.45, 2.75) is 12.5 Å². The Morgan fingerprint density at radius 2 is 2.35 bits per heavy atom. The first kappa shape index (κ1) is 11.7. The number of ether oxygens (including phenoxy) is 1. The van der Waals surface area contributed by atoms with E-state index in [4.69, 9.17) is 4.74 Å². The highest BCUT2D eigenvalue weighted by Gasteiger charge is 2.28. The van der Waals surface area contributed by atoms with Gasteiger partial charge in [-0.25, -0.2) is 4.79 Å². The summed E-state index contributed by atoms with van der Waals surface area (Å²) in [5.74, 6) is 0.213. The van der Waals surface area contributed by atoms with Crippen LogP contribution in [0.5, 0.6) is 5.75 Å². The molecular weight excluding hydrogens is 220 g/mol. The first-order chi connectivity index (χ1) is 8.15. The van der Waals surface area contributed by atoms with Crippen molar-refractivity contribution in [2.24, 2.45) is 0 Å². The smallest absolute Gasteiger partial charge is 0.414 e. The molecule has 0 saturated heterocycles. The average Bonchev–Trinajstić information content (AvgIpc) is 2.35. The summed E-state index contributed by atoms with van der Waals surface area (Å²) in [6.07, 6.45) is 0.408. The summed E-state index contributed by atoms with van der Waals surface area (Å²) >= 11 is 0. The molecule has 0 saturated carbocycles. The maximum atomic E-state index is 11.7. The van der Waals surface area contributed by atoms with Gasteiger partial charge in [0.05, 0.1) is 12.8 Å². The lowest BCUT2D eigenvalue weighted by atomic mass is 9.98. The van der Waals surface area contributed by atoms with E-state index < -0.39 is 0 Å². The Kier molecular flexibility index (Phi) is 3.19. The number of carbonyl (C=O) groups excluding carboxylic acids is 1. The summed E-state index contributed by atoms with van der Waals surface area (Å²) in [6, 6.07) is 5.18. The lowest BCUT2D eigenvalue weighted by Gasteiger charge is -2.33. The number of hydrogen-bond donors (Lipinski definition) is 2. The topological polar surface area (TPSA) is 61.8 Å². The standard InChI is InChI=1S/C12H16N2O3/c1-13-9-5-8-6-10(15)3-4-11(8)14(7-9)12(16)17-2/h3-4,6,9,13,15H,5,7H2,1-2H3. The number of phenolic OH excluding ortho intramolecular Hbond substituents is 1. The Balaban J connectivity index is 2.39. The lowest BCUT2D eigenvalue weighted by molar-refractivity contribution is 0.177. The number of phenols is 1. The second-order valence-electron chi connectivity index (χ2n) is 4.08. The molecule has 5 heteroatoms. The Morgan fingerprint density at radius 3 is 3.00 bits per heavy atom. The van der Waals surface area contributed by atoms with Crippen LogP contribution in [0.1, 0.15) is 5.56 Å². The van der Waals surface area contributed by atoms with Crippen molar-refractivity contribution in [3.8, 4) is 5.75 Å². The molecule has 1 aromatic carbocycles. The van der Waals surface area contributed by atoms with E-state index in [9.17, 15) is 9.90 Å². The molecule has 1 aliphatic heterocycles. The third kappa shape index (κ3) is 2.19. The minimum atomic E-state index is -0.378. The van der Waals surface area contributed by atoms with Gasteiger partial charge in [0.1, 0.15) is 5.75 Å². The maximum absolute atomic E-state index is 11.7. The fourth-order valence-corrected chi connectivity index (χ4v) is 2.12. The average molecular weight is 236 g/mol. The number of aromatic hydroxyl groups is 1. The third-order valence-electron chi connectivity index (χ3n) is 3.03. The number of carbonyl (C=O) groups is 1. The molecule has 0 aromatic heterocycles. The van der Waals surface area contributed by atoms with Crippen LogP contribution in [0.2, 0.25) is 0 Å². The molecule has 1 aliphatic rings. The first-order valence-electron chi connectivity index (χ1n) is 5.50. The van der Waals surface area contributed by atoms with Crippen LogP contribution < -0.4 is 10.2 Å². The zero-order valence-corrected chi connectivity index (χ0v) is 9.93. The van der Waals surface area contributed by atoms with Crippen molar-refractivity contribution in [2.75, 3.05) is 25.6 Å². The van der Waals surface area contributed by atoms with E-state index in [-0.39, 0.29) is 17.9 Å². The van der Waals surface area contributed by atoms with Gasteiger partial charge in [-0.3, -0.25) is 4.90 Å². The zero-order chi connectivity index (χ0) is 12.4. The van der Waals surface area contributed by atoms with E-state index in [1.807, 2.05) is 7.05 Å². The molecule has 1 unspecified atom stereocenters. The number of nitrogens with one attached hydrogen (secondary N) is 1. The van der Waals surface area contributed by atoms with Crippen LogP contribution in [-0.4, -0.2) is 37.9 Å². The SMILES string of the molecule is CNC1Cc2cc(O)ccc2N(C(=O)OC)C1. The molecule has 2 rings (SSSR count). The molecule has 0 spiro atoms. The minimum Gasteiger partial charge on any atom is -0.508 e. The predicted molar refractivity (Wildman–Crippen MR) is 64.4 cm³/mol. The van der Waals surface area contributed by atoms with Gasteiger partial charge in [-0.2, -0.15) is 0 Å². The molecule has 5 nitrogen and oxygen atoms in total. The van der Waals surface area contributed by atoms with Crippen molar-refractivity contribution < 1.29 is 14.6 Å². The largest absolute Gasteiger partial charge is 0.508 e. The molecule has 2 N–H and O–H groups in total. The van der Waals surface area contributed by atoms with Crippen LogP contribution in [0.15, 0.2) is 18.2 Å². The molecular formula is C12H16N2O3. The maximum Gasteiger partial charge on any atom is 0.414 e. The molecule has 17 heavy (non-hydrogen) atoms. The van der Waals surface area contributed by atoms with Crippen LogP contribution in [0.25, 0.3) is 0 Å². The van der Waals surface area contributed by atoms with Gasteiger partial charge in [-0.05, 0) is 37.2 Å². The van der Waals surface area contributed by atoms with Gasteiger partial charge in [-0.1, -0.05) is 0 Å². The van der Waals surface area contributed by atoms with Gasteiger partial charge < -0.3 is 15.2 Å². The van der Waals surface area contributed by atoms with Gasteiger partial charge in [0, 0.05) is 12.6 Å². The van der Waals surface area contributed by atoms with Crippen LogP contribution in [0, 0.1) is 0 Å². The quantitative estimate of drug-likeness (QED) is 0.766. The monoisotopic (exact) mass is 236 g/mol. The summed E-state index contributed by atoms with van der Waals surface area (Å²) in [5, 5.41) is 12.6. The number of fused-ring (bicyclic) bond motifs is 1. The summed E-state index contributed by atoms with van der Waals surface area (Å²) in [5.41, 5.74) is 1.75. The number of nitrogens with zero attached hydrogens (tertiary/aromatic N) is 1. The number of likely N-dealkylation sites (N-methyl/N-ethyl adjacent to an activating group) is 1. The Hall–Kier alpha value is -1.75. The molecule has 0 fully saturated rings. The van der Waals surface area contributed by atoms with Crippen LogP contribution in [0.4, 0.5) is 10.5 Å². The predicted octanol–water partition coefficient (Wildman–Crippen LogP) is 1.11. The second-order valence-corrected chi connectivity index (χ2v) is 4.08. The summed E-state index contributed by atoms with van der Waals surface area (Å²) in [4.78, 5) is 13.3. The number of methoxy groups -OCH3 is 1. The Bertz CT molecular complexity index is 434. The van der Waals surface area contributed by atoms with Gasteiger partial charge >= 0.3 is 6.09 Å². The normalized spacial score (nSPS) is 18.7. The molecule has 0 radical (unpaired) electrons. The first-order valence-corrected chi connectivity index (χ1v) is 5.50. The molecule has 0 aliphatic carbocycles. The number of rotatable bonds is 1. The molecule has 1 amide bonds. The summed E-state index contributed by atoms with van der Waals surface area (Å²) in [7, 11) is 3.22. The Labute approximate surface area is 100.0 Å². The van der Waals surface area contributed by atoms with Crippen molar-refractivity contribution in [1.82, 2.24) is 5.32 Å². The highest BCUT2D eigenvalue weighted by molar-refractivity contribution is 5.89. The van der Waals surface area contributed by atoms with E-state index in [2.05, 4.69) is 5.32 Å². The third-order valence-corrected chi connectivity index (χ3v) is 3.03. The summed E-state index contributed by atoms with van der Waals surface area (Å²) in [6.45, 7) is 0.570. The lowest BCUT2D eigenvalue weighted by Crippen LogP contribution is -2.47. The van der Waals surface area contributed by atoms with Crippen molar-refractivity contribution >= 4 is 11.8 Å². The van der Waals surface area contributed by atoms with E-state index in [1.165, 1.54) is 7.11 Å². The molecule has 1 atom stereocenters.